The number of imidazole rings is 1. The Morgan fingerprint density at radius 1 is 1.37 bits per heavy atom. The van der Waals surface area contributed by atoms with E-state index < -0.39 is 17.0 Å². The Balaban J connectivity index is 1.50. The Labute approximate surface area is 186 Å². The van der Waals surface area contributed by atoms with Gasteiger partial charge >= 0.3 is 0 Å². The van der Waals surface area contributed by atoms with E-state index in [4.69, 9.17) is 17.0 Å². The van der Waals surface area contributed by atoms with E-state index in [0.717, 1.165) is 30.7 Å². The number of halogens is 3. The van der Waals surface area contributed by atoms with Crippen molar-refractivity contribution in [2.75, 3.05) is 13.2 Å². The number of benzene rings is 1. The molecule has 3 aliphatic rings. The normalized spacial score (nSPS) is 24.1. The van der Waals surface area contributed by atoms with Crippen LogP contribution in [0.2, 0.25) is 0 Å². The third-order valence-electron chi connectivity index (χ3n) is 6.69. The SMILES string of the molecule is Cn1c(C2(C(=O)N[C@@H]3CCOC3)CC2)c2n(c1=S)C[C@H](c1c(F)ccc(Br)c1F)C2. The van der Waals surface area contributed by atoms with Crippen molar-refractivity contribution in [3.8, 4) is 0 Å². The van der Waals surface area contributed by atoms with E-state index in [2.05, 4.69) is 21.2 Å². The van der Waals surface area contributed by atoms with Crippen LogP contribution in [0.5, 0.6) is 0 Å². The molecule has 2 fully saturated rings. The van der Waals surface area contributed by atoms with Crippen LogP contribution < -0.4 is 5.32 Å². The highest BCUT2D eigenvalue weighted by Crippen LogP contribution is 2.52. The molecule has 30 heavy (non-hydrogen) atoms. The standard InChI is InChI=1S/C21H22BrF2N3O2S/c1-26-18(21(5-6-21)19(28)25-12-4-7-29-10-12)15-8-11(9-27(15)20(26)30)16-14(23)3-2-13(22)17(16)24/h2-3,11-12H,4-10H2,1H3,(H,25,28)/t11-,12-/m1/s1. The van der Waals surface area contributed by atoms with Crippen molar-refractivity contribution >= 4 is 34.1 Å². The van der Waals surface area contributed by atoms with Gasteiger partial charge in [0.1, 0.15) is 11.6 Å². The van der Waals surface area contributed by atoms with Crippen molar-refractivity contribution in [2.45, 2.75) is 49.6 Å². The lowest BCUT2D eigenvalue weighted by Gasteiger charge is -2.21. The summed E-state index contributed by atoms with van der Waals surface area (Å²) in [7, 11) is 1.88. The summed E-state index contributed by atoms with van der Waals surface area (Å²) in [6.07, 6.45) is 2.76. The van der Waals surface area contributed by atoms with Crippen LogP contribution in [0.25, 0.3) is 0 Å². The Morgan fingerprint density at radius 3 is 2.80 bits per heavy atom. The zero-order valence-corrected chi connectivity index (χ0v) is 18.9. The monoisotopic (exact) mass is 497 g/mol. The molecule has 0 bridgehead atoms. The smallest absolute Gasteiger partial charge is 0.232 e. The first-order chi connectivity index (χ1) is 14.3. The predicted octanol–water partition coefficient (Wildman–Crippen LogP) is 3.87. The summed E-state index contributed by atoms with van der Waals surface area (Å²) >= 11 is 8.80. The molecule has 0 spiro atoms. The second-order valence-corrected chi connectivity index (χ2v) is 9.74. The van der Waals surface area contributed by atoms with E-state index in [1.807, 2.05) is 16.2 Å². The van der Waals surface area contributed by atoms with Crippen LogP contribution in [0, 0.1) is 16.4 Å². The minimum atomic E-state index is -0.616. The van der Waals surface area contributed by atoms with Gasteiger partial charge in [0, 0.05) is 37.4 Å². The van der Waals surface area contributed by atoms with Gasteiger partial charge in [-0.15, -0.1) is 0 Å². The Morgan fingerprint density at radius 2 is 2.13 bits per heavy atom. The summed E-state index contributed by atoms with van der Waals surface area (Å²) in [5, 5.41) is 3.13. The largest absolute Gasteiger partial charge is 0.379 e. The highest BCUT2D eigenvalue weighted by molar-refractivity contribution is 9.10. The van der Waals surface area contributed by atoms with Crippen LogP contribution in [0.1, 0.15) is 42.1 Å². The average molecular weight is 498 g/mol. The summed E-state index contributed by atoms with van der Waals surface area (Å²) < 4.78 is 39.3. The van der Waals surface area contributed by atoms with Crippen molar-refractivity contribution in [1.29, 1.82) is 0 Å². The fraction of sp³-hybridized carbons (Fsp3) is 0.524. The summed E-state index contributed by atoms with van der Waals surface area (Å²) in [4.78, 5) is 13.2. The zero-order chi connectivity index (χ0) is 21.2. The first kappa shape index (κ1) is 20.3. The van der Waals surface area contributed by atoms with Gasteiger partial charge in [-0.2, -0.15) is 0 Å². The molecule has 5 rings (SSSR count). The van der Waals surface area contributed by atoms with E-state index >= 15 is 0 Å². The van der Waals surface area contributed by atoms with Crippen molar-refractivity contribution in [2.24, 2.45) is 7.05 Å². The van der Waals surface area contributed by atoms with Crippen molar-refractivity contribution < 1.29 is 18.3 Å². The molecule has 2 aromatic rings. The topological polar surface area (TPSA) is 48.2 Å². The molecular weight excluding hydrogens is 476 g/mol. The van der Waals surface area contributed by atoms with Gasteiger partial charge < -0.3 is 19.2 Å². The first-order valence-corrected chi connectivity index (χ1v) is 11.3. The van der Waals surface area contributed by atoms with Gasteiger partial charge in [-0.05, 0) is 66.0 Å². The number of nitrogens with zero attached hydrogens (tertiary/aromatic N) is 2. The van der Waals surface area contributed by atoms with Crippen LogP contribution in [-0.4, -0.2) is 34.3 Å². The zero-order valence-electron chi connectivity index (χ0n) is 16.5. The van der Waals surface area contributed by atoms with Gasteiger partial charge in [0.05, 0.1) is 28.2 Å². The second-order valence-electron chi connectivity index (χ2n) is 8.52. The number of amides is 1. The van der Waals surface area contributed by atoms with Gasteiger partial charge in [-0.25, -0.2) is 8.78 Å². The maximum atomic E-state index is 14.7. The van der Waals surface area contributed by atoms with Gasteiger partial charge in [-0.1, -0.05) is 0 Å². The van der Waals surface area contributed by atoms with Crippen molar-refractivity contribution in [3.63, 3.8) is 0 Å². The van der Waals surface area contributed by atoms with Gasteiger partial charge in [-0.3, -0.25) is 4.79 Å². The molecule has 1 aromatic heterocycles. The summed E-state index contributed by atoms with van der Waals surface area (Å²) in [6, 6.07) is 2.70. The minimum absolute atomic E-state index is 0.000247. The highest BCUT2D eigenvalue weighted by atomic mass is 79.9. The van der Waals surface area contributed by atoms with Crippen LogP contribution in [0.3, 0.4) is 0 Å². The van der Waals surface area contributed by atoms with Crippen LogP contribution in [-0.2, 0) is 35.0 Å². The van der Waals surface area contributed by atoms with E-state index in [1.165, 1.54) is 12.1 Å². The number of fused-ring (bicyclic) bond motifs is 1. The van der Waals surface area contributed by atoms with E-state index in [0.29, 0.717) is 31.0 Å². The molecule has 1 aromatic carbocycles. The number of nitrogens with one attached hydrogen (secondary N) is 1. The fourth-order valence-electron chi connectivity index (χ4n) is 5.00. The molecular formula is C21H22BrF2N3O2S. The molecule has 1 amide bonds. The molecule has 1 aliphatic carbocycles. The van der Waals surface area contributed by atoms with Crippen molar-refractivity contribution in [1.82, 2.24) is 14.5 Å². The molecule has 1 saturated carbocycles. The number of carbonyl (C=O) groups is 1. The molecule has 160 valence electrons. The van der Waals surface area contributed by atoms with Gasteiger partial charge in [0.15, 0.2) is 4.77 Å². The molecule has 1 N–H and O–H groups in total. The Bertz CT molecular complexity index is 1100. The first-order valence-electron chi connectivity index (χ1n) is 10.1. The number of hydrogen-bond acceptors (Lipinski definition) is 3. The Hall–Kier alpha value is -1.58. The number of ether oxygens (including phenoxy) is 1. The summed E-state index contributed by atoms with van der Waals surface area (Å²) in [5.74, 6) is -1.48. The molecule has 1 saturated heterocycles. The molecule has 5 nitrogen and oxygen atoms in total. The van der Waals surface area contributed by atoms with E-state index in [1.54, 1.807) is 0 Å². The average Bonchev–Trinajstić information content (AvgIpc) is 3.04. The summed E-state index contributed by atoms with van der Waals surface area (Å²) in [6.45, 7) is 1.60. The maximum absolute atomic E-state index is 14.7. The molecule has 0 radical (unpaired) electrons. The second kappa shape index (κ2) is 7.24. The molecule has 2 aliphatic heterocycles. The third-order valence-corrected chi connectivity index (χ3v) is 7.79. The summed E-state index contributed by atoms with van der Waals surface area (Å²) in [5.41, 5.74) is 1.27. The molecule has 0 unspecified atom stereocenters. The fourth-order valence-corrected chi connectivity index (χ4v) is 5.62. The lowest BCUT2D eigenvalue weighted by atomic mass is 9.92. The van der Waals surface area contributed by atoms with Crippen molar-refractivity contribution in [3.05, 3.63) is 50.0 Å². The quantitative estimate of drug-likeness (QED) is 0.515. The van der Waals surface area contributed by atoms with Crippen LogP contribution in [0.15, 0.2) is 16.6 Å². The highest BCUT2D eigenvalue weighted by Gasteiger charge is 2.56. The molecule has 9 heteroatoms. The lowest BCUT2D eigenvalue weighted by Crippen LogP contribution is -2.42. The van der Waals surface area contributed by atoms with E-state index in [-0.39, 0.29) is 27.9 Å². The number of rotatable bonds is 4. The molecule has 3 heterocycles. The third kappa shape index (κ3) is 3.00. The van der Waals surface area contributed by atoms with E-state index in [9.17, 15) is 13.6 Å². The number of hydrogen-bond donors (Lipinski definition) is 1. The molecule has 2 atom stereocenters. The van der Waals surface area contributed by atoms with Crippen LogP contribution >= 0.6 is 28.1 Å². The van der Waals surface area contributed by atoms with Gasteiger partial charge in [0.25, 0.3) is 0 Å². The van der Waals surface area contributed by atoms with Gasteiger partial charge in [0.2, 0.25) is 5.91 Å². The number of carbonyl (C=O) groups excluding carboxylic acids is 1. The predicted molar refractivity (Wildman–Crippen MR) is 113 cm³/mol. The lowest BCUT2D eigenvalue weighted by molar-refractivity contribution is -0.124. The Kier molecular flexibility index (Phi) is 4.91. The minimum Gasteiger partial charge on any atom is -0.379 e. The van der Waals surface area contributed by atoms with Crippen LogP contribution in [0.4, 0.5) is 8.78 Å². The number of aromatic nitrogens is 2. The maximum Gasteiger partial charge on any atom is 0.232 e.